The van der Waals surface area contributed by atoms with Crippen molar-refractivity contribution in [2.75, 3.05) is 5.32 Å². The second-order valence-electron chi connectivity index (χ2n) is 9.47. The molecule has 2 N–H and O–H groups in total. The lowest BCUT2D eigenvalue weighted by atomic mass is 9.83. The number of nitrogens with one attached hydrogen (secondary N) is 2. The maximum absolute atomic E-state index is 13.7. The second kappa shape index (κ2) is 9.53. The highest BCUT2D eigenvalue weighted by Gasteiger charge is 2.48. The van der Waals surface area contributed by atoms with Gasteiger partial charge in [-0.2, -0.15) is 0 Å². The fourth-order valence-corrected chi connectivity index (χ4v) is 8.06. The van der Waals surface area contributed by atoms with E-state index in [0.717, 1.165) is 25.0 Å². The lowest BCUT2D eigenvalue weighted by molar-refractivity contribution is 0.102. The number of hydrogen-bond donors (Lipinski definition) is 2. The Kier molecular flexibility index (Phi) is 6.53. The van der Waals surface area contributed by atoms with Gasteiger partial charge in [0, 0.05) is 35.6 Å². The maximum atomic E-state index is 13.7. The van der Waals surface area contributed by atoms with Gasteiger partial charge in [0.2, 0.25) is 0 Å². The van der Waals surface area contributed by atoms with E-state index in [9.17, 15) is 31.6 Å². The third kappa shape index (κ3) is 4.73. The molecule has 0 radical (unpaired) electrons. The zero-order valence-electron chi connectivity index (χ0n) is 19.3. The zero-order valence-corrected chi connectivity index (χ0v) is 20.9. The Labute approximate surface area is 215 Å². The lowest BCUT2D eigenvalue weighted by Gasteiger charge is -2.36. The van der Waals surface area contributed by atoms with Gasteiger partial charge in [0.05, 0.1) is 15.2 Å². The molecule has 2 unspecified atom stereocenters. The molecule has 2 aliphatic carbocycles. The highest BCUT2D eigenvalue weighted by Crippen LogP contribution is 2.51. The molecular formula is C25H22ClF2N3O5S. The summed E-state index contributed by atoms with van der Waals surface area (Å²) in [6.07, 6.45) is 3.56. The summed E-state index contributed by atoms with van der Waals surface area (Å²) in [6.45, 7) is 0. The van der Waals surface area contributed by atoms with Gasteiger partial charge in [0.1, 0.15) is 0 Å². The Hall–Kier alpha value is -3.31. The molecule has 3 aromatic rings. The second-order valence-corrected chi connectivity index (χ2v) is 12.1. The van der Waals surface area contributed by atoms with Crippen LogP contribution in [0.4, 0.5) is 14.5 Å². The van der Waals surface area contributed by atoms with Crippen molar-refractivity contribution in [2.45, 2.75) is 41.9 Å². The smallest absolute Gasteiger partial charge is 0.322 e. The summed E-state index contributed by atoms with van der Waals surface area (Å²) in [4.78, 5) is 38.6. The number of nitrogens with zero attached hydrogens (tertiary/aromatic N) is 1. The van der Waals surface area contributed by atoms with E-state index >= 15 is 0 Å². The lowest BCUT2D eigenvalue weighted by Crippen LogP contribution is -2.41. The maximum Gasteiger partial charge on any atom is 0.328 e. The number of benzene rings is 2. The minimum absolute atomic E-state index is 0.00986. The number of sulfone groups is 1. The molecule has 2 saturated carbocycles. The van der Waals surface area contributed by atoms with Gasteiger partial charge < -0.3 is 5.32 Å². The van der Waals surface area contributed by atoms with Crippen molar-refractivity contribution in [2.24, 2.45) is 11.8 Å². The molecule has 0 spiro atoms. The number of carbonyl (C=O) groups is 1. The average molecular weight is 550 g/mol. The third-order valence-electron chi connectivity index (χ3n) is 7.29. The third-order valence-corrected chi connectivity index (χ3v) is 9.95. The summed E-state index contributed by atoms with van der Waals surface area (Å²) < 4.78 is 55.5. The van der Waals surface area contributed by atoms with Crippen LogP contribution in [-0.2, 0) is 9.84 Å². The number of halogens is 3. The topological polar surface area (TPSA) is 118 Å². The van der Waals surface area contributed by atoms with Crippen LogP contribution >= 0.6 is 11.6 Å². The Balaban J connectivity index is 1.39. The standard InChI is InChI=1S/C25H22ClF2N3O5S/c26-18-5-3-15(24(33)29-16-4-6-19(27)20(28)12-16)11-21(18)37(35,36)17-9-13-1-2-14(10-17)23(13)31-8-7-22(32)30-25(31)34/h3-8,11-14,17,23H,1-2,9-10H2,(H,29,33)(H,30,32,34)/t13?,14?,17-,23+. The Bertz CT molecular complexity index is 1610. The predicted molar refractivity (Wildman–Crippen MR) is 133 cm³/mol. The van der Waals surface area contributed by atoms with Crippen LogP contribution in [0.15, 0.2) is 63.1 Å². The van der Waals surface area contributed by atoms with E-state index in [4.69, 9.17) is 11.6 Å². The van der Waals surface area contributed by atoms with Gasteiger partial charge in [-0.25, -0.2) is 22.0 Å². The normalized spacial score (nSPS) is 23.1. The minimum atomic E-state index is -3.95. The molecule has 1 heterocycles. The molecule has 8 nitrogen and oxygen atoms in total. The van der Waals surface area contributed by atoms with Crippen LogP contribution in [0.25, 0.3) is 0 Å². The number of carbonyl (C=O) groups excluding carboxylic acids is 1. The van der Waals surface area contributed by atoms with Crippen LogP contribution in [-0.4, -0.2) is 29.1 Å². The van der Waals surface area contributed by atoms with Crippen molar-refractivity contribution in [3.63, 3.8) is 0 Å². The number of rotatable bonds is 5. The highest BCUT2D eigenvalue weighted by atomic mass is 35.5. The molecule has 0 saturated heterocycles. The van der Waals surface area contributed by atoms with Crippen LogP contribution in [0, 0.1) is 23.5 Å². The first-order chi connectivity index (χ1) is 17.5. The van der Waals surface area contributed by atoms with E-state index in [-0.39, 0.29) is 39.0 Å². The van der Waals surface area contributed by atoms with Crippen molar-refractivity contribution < 1.29 is 22.0 Å². The summed E-state index contributed by atoms with van der Waals surface area (Å²) in [7, 11) is -3.95. The van der Waals surface area contributed by atoms with Crippen LogP contribution in [0.1, 0.15) is 42.1 Å². The molecule has 2 atom stereocenters. The quantitative estimate of drug-likeness (QED) is 0.500. The summed E-state index contributed by atoms with van der Waals surface area (Å²) in [5, 5.41) is 1.63. The van der Waals surface area contributed by atoms with Gasteiger partial charge in [-0.3, -0.25) is 19.1 Å². The molecular weight excluding hydrogens is 528 g/mol. The van der Waals surface area contributed by atoms with Gasteiger partial charge in [-0.05, 0) is 67.9 Å². The van der Waals surface area contributed by atoms with Crippen LogP contribution in [0.3, 0.4) is 0 Å². The van der Waals surface area contributed by atoms with E-state index in [2.05, 4.69) is 10.3 Å². The fourth-order valence-electron chi connectivity index (χ4n) is 5.63. The zero-order chi connectivity index (χ0) is 26.5. The first kappa shape index (κ1) is 25.3. The van der Waals surface area contributed by atoms with E-state index in [1.54, 1.807) is 0 Å². The summed E-state index contributed by atoms with van der Waals surface area (Å²) in [5.74, 6) is -3.07. The Morgan fingerprint density at radius 3 is 2.35 bits per heavy atom. The molecule has 2 bridgehead atoms. The monoisotopic (exact) mass is 549 g/mol. The van der Waals surface area contributed by atoms with E-state index in [1.807, 2.05) is 0 Å². The predicted octanol–water partition coefficient (Wildman–Crippen LogP) is 3.92. The van der Waals surface area contributed by atoms with Gasteiger partial charge >= 0.3 is 5.69 Å². The van der Waals surface area contributed by atoms with E-state index in [0.29, 0.717) is 12.8 Å². The van der Waals surface area contributed by atoms with Crippen molar-refractivity contribution in [3.8, 4) is 0 Å². The number of aromatic nitrogens is 2. The first-order valence-electron chi connectivity index (χ1n) is 11.7. The SMILES string of the molecule is O=C(Nc1ccc(F)c(F)c1)c1ccc(Cl)c(S(=O)(=O)[C@H]2CC3CCC(C2)[C@@H]3n2ccc(=O)[nH]c2=O)c1. The van der Waals surface area contributed by atoms with E-state index in [1.165, 1.54) is 41.1 Å². The largest absolute Gasteiger partial charge is 0.328 e. The minimum Gasteiger partial charge on any atom is -0.322 e. The molecule has 12 heteroatoms. The average Bonchev–Trinajstić information content (AvgIpc) is 3.09. The summed E-state index contributed by atoms with van der Waals surface area (Å²) in [5.41, 5.74) is -1.01. The molecule has 194 valence electrons. The number of amides is 1. The Morgan fingerprint density at radius 2 is 1.70 bits per heavy atom. The molecule has 37 heavy (non-hydrogen) atoms. The number of anilines is 1. The fraction of sp³-hybridized carbons (Fsp3) is 0.320. The molecule has 2 aromatic carbocycles. The van der Waals surface area contributed by atoms with Crippen LogP contribution < -0.4 is 16.6 Å². The highest BCUT2D eigenvalue weighted by molar-refractivity contribution is 7.92. The van der Waals surface area contributed by atoms with Gasteiger partial charge in [0.25, 0.3) is 11.5 Å². The van der Waals surface area contributed by atoms with Crippen LogP contribution in [0.5, 0.6) is 0 Å². The number of hydrogen-bond acceptors (Lipinski definition) is 5. The Morgan fingerprint density at radius 1 is 1.00 bits per heavy atom. The van der Waals surface area contributed by atoms with Gasteiger partial charge in [-0.1, -0.05) is 11.6 Å². The van der Waals surface area contributed by atoms with Crippen molar-refractivity contribution >= 4 is 33.0 Å². The molecule has 2 fully saturated rings. The summed E-state index contributed by atoms with van der Waals surface area (Å²) in [6, 6.07) is 7.80. The number of aromatic amines is 1. The van der Waals surface area contributed by atoms with Crippen molar-refractivity contribution in [1.29, 1.82) is 0 Å². The molecule has 2 aliphatic rings. The number of H-pyrrole nitrogens is 1. The van der Waals surface area contributed by atoms with Gasteiger partial charge in [-0.15, -0.1) is 0 Å². The first-order valence-corrected chi connectivity index (χ1v) is 13.6. The van der Waals surface area contributed by atoms with Crippen molar-refractivity contribution in [1.82, 2.24) is 9.55 Å². The number of fused-ring (bicyclic) bond motifs is 2. The van der Waals surface area contributed by atoms with Gasteiger partial charge in [0.15, 0.2) is 21.5 Å². The molecule has 0 aliphatic heterocycles. The molecule has 1 aromatic heterocycles. The molecule has 1 amide bonds. The van der Waals surface area contributed by atoms with Crippen LogP contribution in [0.2, 0.25) is 5.02 Å². The van der Waals surface area contributed by atoms with Crippen molar-refractivity contribution in [3.05, 3.63) is 91.7 Å². The molecule has 5 rings (SSSR count). The summed E-state index contributed by atoms with van der Waals surface area (Å²) >= 11 is 6.27. The van der Waals surface area contributed by atoms with E-state index < -0.39 is 43.9 Å².